The van der Waals surface area contributed by atoms with Crippen LogP contribution in [0.5, 0.6) is 0 Å². The smallest absolute Gasteiger partial charge is 0.0854 e. The molecule has 0 bridgehead atoms. The van der Waals surface area contributed by atoms with Gasteiger partial charge in [-0.15, -0.1) is 12.3 Å². The highest BCUT2D eigenvalue weighted by Gasteiger charge is 2.04. The van der Waals surface area contributed by atoms with Crippen molar-refractivity contribution >= 4 is 0 Å². The average molecular weight is 124 g/mol. The van der Waals surface area contributed by atoms with Crippen molar-refractivity contribution in [3.8, 4) is 0 Å². The molecule has 0 radical (unpaired) electrons. The third kappa shape index (κ3) is 2.91. The molecule has 2 unspecified atom stereocenters. The Bertz CT molecular complexity index is 132. The van der Waals surface area contributed by atoms with Crippen molar-refractivity contribution in [2.75, 3.05) is 0 Å². The Morgan fingerprint density at radius 1 is 1.67 bits per heavy atom. The first-order valence-electron chi connectivity index (χ1n) is 2.89. The Morgan fingerprint density at radius 2 is 2.22 bits per heavy atom. The van der Waals surface area contributed by atoms with Gasteiger partial charge in [-0.1, -0.05) is 19.6 Å². The summed E-state index contributed by atoms with van der Waals surface area (Å²) in [6, 6.07) is 0. The molecule has 0 aromatic carbocycles. The summed E-state index contributed by atoms with van der Waals surface area (Å²) in [6.07, 6.45) is 2.73. The number of hydrogen-bond donors (Lipinski definition) is 1. The fourth-order valence-electron chi connectivity index (χ4n) is 0.412. The lowest BCUT2D eigenvalue weighted by molar-refractivity contribution is 0.186. The molecule has 0 heterocycles. The van der Waals surface area contributed by atoms with E-state index < -0.39 is 6.10 Å². The summed E-state index contributed by atoms with van der Waals surface area (Å²) >= 11 is 0. The highest BCUT2D eigenvalue weighted by molar-refractivity contribution is 4.93. The number of rotatable bonds is 3. The Labute approximate surface area is 56.0 Å². The number of aliphatic hydroxyl groups is 1. The molecule has 0 aliphatic heterocycles. The second-order valence-electron chi connectivity index (χ2n) is 1.96. The number of hydrogen-bond acceptors (Lipinski definition) is 1. The molecule has 0 fully saturated rings. The average Bonchev–Trinajstić information content (AvgIpc) is 1.87. The maximum atomic E-state index is 9.09. The lowest BCUT2D eigenvalue weighted by atomic mass is 10.1. The third-order valence-corrected chi connectivity index (χ3v) is 1.20. The van der Waals surface area contributed by atoms with Crippen molar-refractivity contribution in [3.05, 3.63) is 31.0 Å². The van der Waals surface area contributed by atoms with E-state index in [2.05, 4.69) is 18.9 Å². The van der Waals surface area contributed by atoms with Crippen LogP contribution in [0.3, 0.4) is 0 Å². The van der Waals surface area contributed by atoms with E-state index in [-0.39, 0.29) is 5.92 Å². The lowest BCUT2D eigenvalue weighted by Crippen LogP contribution is -2.10. The SMILES string of the molecule is C=C=CC(O)C(C)C=C. The second-order valence-corrected chi connectivity index (χ2v) is 1.96. The normalized spacial score (nSPS) is 15.3. The summed E-state index contributed by atoms with van der Waals surface area (Å²) in [5.74, 6) is 0.0826. The number of aliphatic hydroxyl groups excluding tert-OH is 1. The van der Waals surface area contributed by atoms with Crippen LogP contribution in [0.1, 0.15) is 6.92 Å². The first-order valence-corrected chi connectivity index (χ1v) is 2.89. The van der Waals surface area contributed by atoms with Crippen LogP contribution in [0.25, 0.3) is 0 Å². The van der Waals surface area contributed by atoms with E-state index in [9.17, 15) is 0 Å². The fraction of sp³-hybridized carbons (Fsp3) is 0.375. The van der Waals surface area contributed by atoms with Crippen LogP contribution in [0.15, 0.2) is 31.0 Å². The van der Waals surface area contributed by atoms with Gasteiger partial charge in [0, 0.05) is 5.92 Å². The van der Waals surface area contributed by atoms with Crippen LogP contribution >= 0.6 is 0 Å². The van der Waals surface area contributed by atoms with Gasteiger partial charge in [-0.05, 0) is 6.08 Å². The van der Waals surface area contributed by atoms with Gasteiger partial charge in [-0.2, -0.15) is 0 Å². The van der Waals surface area contributed by atoms with E-state index in [0.29, 0.717) is 0 Å². The van der Waals surface area contributed by atoms with Crippen molar-refractivity contribution in [1.29, 1.82) is 0 Å². The maximum absolute atomic E-state index is 9.09. The van der Waals surface area contributed by atoms with Gasteiger partial charge in [0.2, 0.25) is 0 Å². The Balaban J connectivity index is 3.85. The summed E-state index contributed by atoms with van der Waals surface area (Å²) in [4.78, 5) is 0. The highest BCUT2D eigenvalue weighted by Crippen LogP contribution is 2.03. The monoisotopic (exact) mass is 124 g/mol. The lowest BCUT2D eigenvalue weighted by Gasteiger charge is -2.07. The first-order chi connectivity index (χ1) is 4.22. The molecular formula is C8H12O. The van der Waals surface area contributed by atoms with Gasteiger partial charge in [0.05, 0.1) is 6.10 Å². The summed E-state index contributed by atoms with van der Waals surface area (Å²) < 4.78 is 0. The first kappa shape index (κ1) is 8.22. The molecule has 0 aromatic rings. The van der Waals surface area contributed by atoms with Crippen LogP contribution in [-0.2, 0) is 0 Å². The van der Waals surface area contributed by atoms with E-state index >= 15 is 0 Å². The molecule has 0 rings (SSSR count). The molecule has 0 saturated heterocycles. The minimum atomic E-state index is -0.486. The van der Waals surface area contributed by atoms with Gasteiger partial charge in [-0.25, -0.2) is 0 Å². The molecule has 0 aliphatic rings. The van der Waals surface area contributed by atoms with Gasteiger partial charge < -0.3 is 5.11 Å². The summed E-state index contributed by atoms with van der Waals surface area (Å²) in [5.41, 5.74) is 2.51. The molecular weight excluding hydrogens is 112 g/mol. The Morgan fingerprint density at radius 3 is 2.56 bits per heavy atom. The van der Waals surface area contributed by atoms with E-state index in [1.165, 1.54) is 6.08 Å². The fourth-order valence-corrected chi connectivity index (χ4v) is 0.412. The van der Waals surface area contributed by atoms with Gasteiger partial charge in [-0.3, -0.25) is 0 Å². The van der Waals surface area contributed by atoms with Crippen LogP contribution in [-0.4, -0.2) is 11.2 Å². The Kier molecular flexibility index (Phi) is 3.78. The van der Waals surface area contributed by atoms with Crippen LogP contribution < -0.4 is 0 Å². The molecule has 9 heavy (non-hydrogen) atoms. The van der Waals surface area contributed by atoms with Gasteiger partial charge in [0.15, 0.2) is 0 Å². The summed E-state index contributed by atoms with van der Waals surface area (Å²) in [7, 11) is 0. The zero-order valence-corrected chi connectivity index (χ0v) is 5.67. The molecule has 0 amide bonds. The topological polar surface area (TPSA) is 20.2 Å². The minimum Gasteiger partial charge on any atom is -0.388 e. The summed E-state index contributed by atoms with van der Waals surface area (Å²) in [5, 5.41) is 9.09. The third-order valence-electron chi connectivity index (χ3n) is 1.20. The molecule has 0 saturated carbocycles. The van der Waals surface area contributed by atoms with E-state index in [4.69, 9.17) is 5.11 Å². The van der Waals surface area contributed by atoms with Crippen molar-refractivity contribution in [2.24, 2.45) is 5.92 Å². The molecule has 0 aromatic heterocycles. The molecule has 1 nitrogen and oxygen atoms in total. The quantitative estimate of drug-likeness (QED) is 0.446. The largest absolute Gasteiger partial charge is 0.388 e. The zero-order valence-electron chi connectivity index (χ0n) is 5.67. The molecule has 1 heteroatoms. The zero-order chi connectivity index (χ0) is 7.28. The van der Waals surface area contributed by atoms with Crippen molar-refractivity contribution < 1.29 is 5.11 Å². The van der Waals surface area contributed by atoms with Crippen LogP contribution in [0.2, 0.25) is 0 Å². The van der Waals surface area contributed by atoms with Gasteiger partial charge in [0.25, 0.3) is 0 Å². The molecule has 50 valence electrons. The predicted octanol–water partition coefficient (Wildman–Crippen LogP) is 1.51. The van der Waals surface area contributed by atoms with Gasteiger partial charge in [0.1, 0.15) is 0 Å². The van der Waals surface area contributed by atoms with E-state index in [1.54, 1.807) is 6.08 Å². The Hall–Kier alpha value is -0.780. The second kappa shape index (κ2) is 4.13. The van der Waals surface area contributed by atoms with E-state index in [1.807, 2.05) is 6.92 Å². The summed E-state index contributed by atoms with van der Waals surface area (Å²) in [6.45, 7) is 8.76. The van der Waals surface area contributed by atoms with E-state index in [0.717, 1.165) is 0 Å². The maximum Gasteiger partial charge on any atom is 0.0854 e. The molecule has 0 spiro atoms. The van der Waals surface area contributed by atoms with Crippen LogP contribution in [0, 0.1) is 5.92 Å². The minimum absolute atomic E-state index is 0.0826. The van der Waals surface area contributed by atoms with Gasteiger partial charge >= 0.3 is 0 Å². The molecule has 0 aliphatic carbocycles. The van der Waals surface area contributed by atoms with Crippen molar-refractivity contribution in [1.82, 2.24) is 0 Å². The van der Waals surface area contributed by atoms with Crippen molar-refractivity contribution in [3.63, 3.8) is 0 Å². The molecule has 2 atom stereocenters. The predicted molar refractivity (Wildman–Crippen MR) is 39.1 cm³/mol. The van der Waals surface area contributed by atoms with Crippen molar-refractivity contribution in [2.45, 2.75) is 13.0 Å². The standard InChI is InChI=1S/C8H12O/c1-4-6-8(9)7(3)5-2/h5-9H,1-2H2,3H3. The molecule has 1 N–H and O–H groups in total. The van der Waals surface area contributed by atoms with Crippen LogP contribution in [0.4, 0.5) is 0 Å². The highest BCUT2D eigenvalue weighted by atomic mass is 16.3.